The van der Waals surface area contributed by atoms with Crippen LogP contribution in [-0.2, 0) is 11.2 Å². The number of carbonyl (C=O) groups is 1. The zero-order valence-electron chi connectivity index (χ0n) is 10.2. The highest BCUT2D eigenvalue weighted by molar-refractivity contribution is 5.79. The van der Waals surface area contributed by atoms with Gasteiger partial charge in [0.25, 0.3) is 0 Å². The molecule has 0 radical (unpaired) electrons. The standard InChI is InChI=1S/C12H20N4O/c1-9-7-13-8-10(9)12(17)16-4-2-3-11-14-5-6-15-11/h5-6,9-10,13H,2-4,7-8H2,1H3,(H,14,15)(H,16,17). The molecule has 1 aromatic rings. The number of rotatable bonds is 5. The molecule has 1 aliphatic heterocycles. The van der Waals surface area contributed by atoms with Crippen LogP contribution in [0.3, 0.4) is 0 Å². The molecule has 1 aromatic heterocycles. The number of aryl methyl sites for hydroxylation is 1. The Balaban J connectivity index is 1.63. The molecule has 2 unspecified atom stereocenters. The molecule has 0 aliphatic carbocycles. The maximum absolute atomic E-state index is 11.8. The number of nitrogens with one attached hydrogen (secondary N) is 3. The van der Waals surface area contributed by atoms with Gasteiger partial charge in [-0.15, -0.1) is 0 Å². The molecule has 3 N–H and O–H groups in total. The highest BCUT2D eigenvalue weighted by atomic mass is 16.1. The number of imidazole rings is 1. The van der Waals surface area contributed by atoms with Crippen molar-refractivity contribution in [2.45, 2.75) is 19.8 Å². The molecule has 0 saturated carbocycles. The van der Waals surface area contributed by atoms with Crippen LogP contribution in [0.5, 0.6) is 0 Å². The van der Waals surface area contributed by atoms with E-state index in [1.807, 2.05) is 6.20 Å². The third-order valence-electron chi connectivity index (χ3n) is 3.30. The number of aromatic amines is 1. The van der Waals surface area contributed by atoms with Gasteiger partial charge in [0.1, 0.15) is 5.82 Å². The Bertz CT molecular complexity index is 349. The van der Waals surface area contributed by atoms with Gasteiger partial charge in [-0.05, 0) is 18.9 Å². The lowest BCUT2D eigenvalue weighted by atomic mass is 9.97. The highest BCUT2D eigenvalue weighted by Crippen LogP contribution is 2.15. The lowest BCUT2D eigenvalue weighted by Crippen LogP contribution is -2.35. The van der Waals surface area contributed by atoms with E-state index in [4.69, 9.17) is 0 Å². The summed E-state index contributed by atoms with van der Waals surface area (Å²) >= 11 is 0. The van der Waals surface area contributed by atoms with Crippen molar-refractivity contribution < 1.29 is 4.79 Å². The highest BCUT2D eigenvalue weighted by Gasteiger charge is 2.28. The lowest BCUT2D eigenvalue weighted by Gasteiger charge is -2.13. The van der Waals surface area contributed by atoms with Gasteiger partial charge in [-0.3, -0.25) is 4.79 Å². The van der Waals surface area contributed by atoms with Crippen LogP contribution < -0.4 is 10.6 Å². The second-order valence-electron chi connectivity index (χ2n) is 4.67. The maximum atomic E-state index is 11.8. The molecule has 0 spiro atoms. The molecule has 2 atom stereocenters. The summed E-state index contributed by atoms with van der Waals surface area (Å²) in [6, 6.07) is 0. The van der Waals surface area contributed by atoms with E-state index in [2.05, 4.69) is 27.5 Å². The minimum absolute atomic E-state index is 0.138. The zero-order valence-corrected chi connectivity index (χ0v) is 10.2. The van der Waals surface area contributed by atoms with E-state index in [1.165, 1.54) is 0 Å². The first-order valence-corrected chi connectivity index (χ1v) is 6.24. The van der Waals surface area contributed by atoms with Gasteiger partial charge < -0.3 is 15.6 Å². The summed E-state index contributed by atoms with van der Waals surface area (Å²) < 4.78 is 0. The Kier molecular flexibility index (Phi) is 4.14. The van der Waals surface area contributed by atoms with Gasteiger partial charge in [-0.2, -0.15) is 0 Å². The second kappa shape index (κ2) is 5.82. The van der Waals surface area contributed by atoms with Gasteiger partial charge in [0, 0.05) is 31.9 Å². The number of hydrogen-bond acceptors (Lipinski definition) is 3. The lowest BCUT2D eigenvalue weighted by molar-refractivity contribution is -0.125. The number of hydrogen-bond donors (Lipinski definition) is 3. The SMILES string of the molecule is CC1CNCC1C(=O)NCCCc1ncc[nH]1. The largest absolute Gasteiger partial charge is 0.356 e. The van der Waals surface area contributed by atoms with Crippen molar-refractivity contribution in [1.82, 2.24) is 20.6 Å². The van der Waals surface area contributed by atoms with E-state index in [-0.39, 0.29) is 11.8 Å². The van der Waals surface area contributed by atoms with Crippen molar-refractivity contribution in [3.8, 4) is 0 Å². The summed E-state index contributed by atoms with van der Waals surface area (Å²) in [5.41, 5.74) is 0. The van der Waals surface area contributed by atoms with Crippen LogP contribution in [0.1, 0.15) is 19.2 Å². The molecule has 2 heterocycles. The van der Waals surface area contributed by atoms with Gasteiger partial charge in [0.15, 0.2) is 0 Å². The summed E-state index contributed by atoms with van der Waals surface area (Å²) in [4.78, 5) is 19.0. The third kappa shape index (κ3) is 3.30. The number of nitrogens with zero attached hydrogens (tertiary/aromatic N) is 1. The molecule has 5 heteroatoms. The quantitative estimate of drug-likeness (QED) is 0.645. The normalized spacial score (nSPS) is 23.8. The summed E-state index contributed by atoms with van der Waals surface area (Å²) in [5, 5.41) is 6.24. The van der Waals surface area contributed by atoms with Gasteiger partial charge in [-0.1, -0.05) is 6.92 Å². The Morgan fingerprint density at radius 2 is 2.47 bits per heavy atom. The predicted octanol–water partition coefficient (Wildman–Crippen LogP) is 0.314. The Hall–Kier alpha value is -1.36. The van der Waals surface area contributed by atoms with E-state index >= 15 is 0 Å². The zero-order chi connectivity index (χ0) is 12.1. The summed E-state index contributed by atoms with van der Waals surface area (Å²) in [5.74, 6) is 1.75. The first-order chi connectivity index (χ1) is 8.27. The van der Waals surface area contributed by atoms with E-state index in [9.17, 15) is 4.79 Å². The fourth-order valence-electron chi connectivity index (χ4n) is 2.19. The summed E-state index contributed by atoms with van der Waals surface area (Å²) in [7, 11) is 0. The van der Waals surface area contributed by atoms with Gasteiger partial charge in [0.2, 0.25) is 5.91 Å². The monoisotopic (exact) mass is 236 g/mol. The van der Waals surface area contributed by atoms with Crippen molar-refractivity contribution in [2.24, 2.45) is 11.8 Å². The van der Waals surface area contributed by atoms with Crippen LogP contribution in [0.2, 0.25) is 0 Å². The molecule has 1 amide bonds. The molecular formula is C12H20N4O. The minimum Gasteiger partial charge on any atom is -0.356 e. The van der Waals surface area contributed by atoms with Crippen LogP contribution >= 0.6 is 0 Å². The Labute approximate surface area is 101 Å². The van der Waals surface area contributed by atoms with E-state index in [0.29, 0.717) is 5.92 Å². The topological polar surface area (TPSA) is 69.8 Å². The van der Waals surface area contributed by atoms with Crippen molar-refractivity contribution in [3.63, 3.8) is 0 Å². The van der Waals surface area contributed by atoms with Crippen molar-refractivity contribution in [3.05, 3.63) is 18.2 Å². The smallest absolute Gasteiger partial charge is 0.224 e. The molecule has 17 heavy (non-hydrogen) atoms. The Morgan fingerprint density at radius 3 is 3.12 bits per heavy atom. The van der Waals surface area contributed by atoms with Crippen molar-refractivity contribution in [1.29, 1.82) is 0 Å². The van der Waals surface area contributed by atoms with Gasteiger partial charge in [0.05, 0.1) is 5.92 Å². The van der Waals surface area contributed by atoms with Crippen LogP contribution in [-0.4, -0.2) is 35.5 Å². The van der Waals surface area contributed by atoms with Crippen molar-refractivity contribution in [2.75, 3.05) is 19.6 Å². The molecule has 5 nitrogen and oxygen atoms in total. The van der Waals surface area contributed by atoms with Crippen molar-refractivity contribution >= 4 is 5.91 Å². The average Bonchev–Trinajstić information content (AvgIpc) is 2.95. The van der Waals surface area contributed by atoms with E-state index in [0.717, 1.165) is 38.3 Å². The fraction of sp³-hybridized carbons (Fsp3) is 0.667. The summed E-state index contributed by atoms with van der Waals surface area (Å²) in [6.45, 7) is 4.60. The van der Waals surface area contributed by atoms with E-state index < -0.39 is 0 Å². The molecule has 94 valence electrons. The third-order valence-corrected chi connectivity index (χ3v) is 3.30. The molecule has 1 saturated heterocycles. The number of amides is 1. The number of H-pyrrole nitrogens is 1. The predicted molar refractivity (Wildman–Crippen MR) is 65.4 cm³/mol. The average molecular weight is 236 g/mol. The molecule has 2 rings (SSSR count). The van der Waals surface area contributed by atoms with Gasteiger partial charge in [-0.25, -0.2) is 4.98 Å². The van der Waals surface area contributed by atoms with Crippen LogP contribution in [0.15, 0.2) is 12.4 Å². The van der Waals surface area contributed by atoms with Gasteiger partial charge >= 0.3 is 0 Å². The molecular weight excluding hydrogens is 216 g/mol. The second-order valence-corrected chi connectivity index (χ2v) is 4.67. The first kappa shape index (κ1) is 12.1. The molecule has 1 fully saturated rings. The molecule has 0 aromatic carbocycles. The van der Waals surface area contributed by atoms with Crippen LogP contribution in [0, 0.1) is 11.8 Å². The number of carbonyl (C=O) groups excluding carboxylic acids is 1. The van der Waals surface area contributed by atoms with Crippen LogP contribution in [0.4, 0.5) is 0 Å². The molecule has 1 aliphatic rings. The van der Waals surface area contributed by atoms with Crippen LogP contribution in [0.25, 0.3) is 0 Å². The fourth-order valence-corrected chi connectivity index (χ4v) is 2.19. The summed E-state index contributed by atoms with van der Waals surface area (Å²) in [6.07, 6.45) is 5.37. The maximum Gasteiger partial charge on any atom is 0.224 e. The number of aromatic nitrogens is 2. The minimum atomic E-state index is 0.138. The first-order valence-electron chi connectivity index (χ1n) is 6.24. The molecule has 0 bridgehead atoms. The Morgan fingerprint density at radius 1 is 1.59 bits per heavy atom. The van der Waals surface area contributed by atoms with E-state index in [1.54, 1.807) is 6.20 Å².